The number of piperazine rings is 1. The second-order valence-electron chi connectivity index (χ2n) is 20.4. The lowest BCUT2D eigenvalue weighted by Gasteiger charge is -2.67. The molecular weight excluding hydrogens is 890 g/mol. The van der Waals surface area contributed by atoms with Crippen molar-refractivity contribution in [1.29, 1.82) is 0 Å². The number of likely N-dealkylation sites (N-methyl/N-ethyl adjacent to an activating group) is 1. The van der Waals surface area contributed by atoms with E-state index in [1.165, 1.54) is 43.0 Å². The van der Waals surface area contributed by atoms with Crippen LogP contribution in [0.25, 0.3) is 0 Å². The Kier molecular flexibility index (Phi) is 13.7. The molecule has 5 aliphatic rings. The number of Topliss-reactive ketones (excluding diaryl/α,β-unsaturated/α-hetero) is 1. The highest BCUT2D eigenvalue weighted by atomic mass is 19.1. The minimum atomic E-state index is -2.47. The Bertz CT molecular complexity index is 2330. The molecule has 2 aromatic carbocycles. The van der Waals surface area contributed by atoms with Crippen LogP contribution in [0.5, 0.6) is 0 Å². The summed E-state index contributed by atoms with van der Waals surface area (Å²) in [5.41, 5.74) is -8.96. The van der Waals surface area contributed by atoms with E-state index in [-0.39, 0.29) is 48.4 Å². The van der Waals surface area contributed by atoms with Crippen molar-refractivity contribution in [2.24, 2.45) is 16.7 Å². The lowest BCUT2D eigenvalue weighted by Crippen LogP contribution is -2.82. The number of nitrogens with one attached hydrogen (secondary N) is 1. The Hall–Kier alpha value is -5.47. The number of esters is 3. The predicted octanol–water partition coefficient (Wildman–Crippen LogP) is 3.79. The molecule has 18 nitrogen and oxygen atoms in total. The summed E-state index contributed by atoms with van der Waals surface area (Å²) in [5, 5.41) is 40.5. The van der Waals surface area contributed by atoms with Crippen molar-refractivity contribution in [2.75, 3.05) is 39.8 Å². The van der Waals surface area contributed by atoms with Gasteiger partial charge in [0.1, 0.15) is 35.3 Å². The number of carbonyl (C=O) groups is 6. The first-order valence-electron chi connectivity index (χ1n) is 22.8. The average molecular weight is 952 g/mol. The zero-order chi connectivity index (χ0) is 49.9. The van der Waals surface area contributed by atoms with Crippen molar-refractivity contribution >= 4 is 35.9 Å². The number of benzene rings is 2. The maximum absolute atomic E-state index is 16.0. The van der Waals surface area contributed by atoms with Gasteiger partial charge in [-0.2, -0.15) is 0 Å². The minimum Gasteiger partial charge on any atom is -0.456 e. The molecule has 3 aliphatic carbocycles. The van der Waals surface area contributed by atoms with E-state index < -0.39 is 124 Å². The van der Waals surface area contributed by atoms with Gasteiger partial charge in [0.15, 0.2) is 23.6 Å². The first-order chi connectivity index (χ1) is 31.7. The average Bonchev–Trinajstić information content (AvgIpc) is 3.26. The summed E-state index contributed by atoms with van der Waals surface area (Å²) in [5.74, 6) is -6.26. The molecule has 0 spiro atoms. The summed E-state index contributed by atoms with van der Waals surface area (Å²) in [6.45, 7) is 13.1. The fourth-order valence-corrected chi connectivity index (χ4v) is 10.8. The molecule has 4 fully saturated rings. The molecule has 0 aromatic heterocycles. The topological polar surface area (TPSA) is 237 Å². The van der Waals surface area contributed by atoms with Crippen LogP contribution >= 0.6 is 0 Å². The van der Waals surface area contributed by atoms with E-state index in [1.807, 2.05) is 11.9 Å². The molecule has 2 saturated carbocycles. The molecule has 1 unspecified atom stereocenters. The summed E-state index contributed by atoms with van der Waals surface area (Å²) in [6.07, 6.45) is -13.0. The highest BCUT2D eigenvalue weighted by molar-refractivity contribution is 5.95. The second-order valence-corrected chi connectivity index (χ2v) is 20.4. The van der Waals surface area contributed by atoms with E-state index in [0.29, 0.717) is 13.1 Å². The third kappa shape index (κ3) is 8.98. The summed E-state index contributed by atoms with van der Waals surface area (Å²) in [7, 11) is 1.89. The maximum atomic E-state index is 16.0. The van der Waals surface area contributed by atoms with Crippen LogP contribution in [0, 0.1) is 22.6 Å². The monoisotopic (exact) mass is 951 g/mol. The minimum absolute atomic E-state index is 0.0421. The number of ketones is 1. The van der Waals surface area contributed by atoms with Crippen molar-refractivity contribution in [3.63, 3.8) is 0 Å². The third-order valence-corrected chi connectivity index (χ3v) is 14.6. The summed E-state index contributed by atoms with van der Waals surface area (Å²) in [4.78, 5) is 88.9. The lowest BCUT2D eigenvalue weighted by molar-refractivity contribution is -0.345. The smallest absolute Gasteiger partial charge is 0.410 e. The number of ether oxygens (including phenoxy) is 6. The van der Waals surface area contributed by atoms with Crippen molar-refractivity contribution in [1.82, 2.24) is 15.1 Å². The van der Waals surface area contributed by atoms with Gasteiger partial charge >= 0.3 is 30.1 Å². The zero-order valence-electron chi connectivity index (χ0n) is 39.8. The number of fused-ring (bicyclic) bond motifs is 5. The zero-order valence-corrected chi connectivity index (χ0v) is 39.8. The van der Waals surface area contributed by atoms with Gasteiger partial charge in [0.2, 0.25) is 0 Å². The Morgan fingerprint density at radius 3 is 2.15 bits per heavy atom. The molecule has 2 saturated heterocycles. The molecule has 11 atom stereocenters. The number of halogens is 1. The molecule has 0 radical (unpaired) electrons. The fourth-order valence-electron chi connectivity index (χ4n) is 10.8. The van der Waals surface area contributed by atoms with E-state index in [2.05, 4.69) is 5.32 Å². The first kappa shape index (κ1) is 50.4. The van der Waals surface area contributed by atoms with Crippen LogP contribution in [-0.4, -0.2) is 154 Å². The van der Waals surface area contributed by atoms with Crippen molar-refractivity contribution in [3.05, 3.63) is 82.7 Å². The lowest BCUT2D eigenvalue weighted by atomic mass is 9.44. The van der Waals surface area contributed by atoms with Gasteiger partial charge in [-0.1, -0.05) is 44.2 Å². The SMILES string of the molecule is CC(=O)O[C@@]12CO[C@@H]1C[C@H](O)[C@@]1(C)C(=O)[C@H](OC(=O)N3CCN(C)CC3)C3=C(C)[C@@H](OC(=O)[C@H](O)[C@H](NC(=O)OC(C)(C)C)c4ccc(F)cc4)C[C@@](O)([C@@H](OC(=O)c4ccccc4)C12)C3(C)C. The van der Waals surface area contributed by atoms with E-state index in [1.54, 1.807) is 52.8 Å². The van der Waals surface area contributed by atoms with Crippen LogP contribution in [0.4, 0.5) is 14.0 Å². The van der Waals surface area contributed by atoms with Crippen LogP contribution in [0.15, 0.2) is 65.7 Å². The molecule has 7 rings (SSSR count). The van der Waals surface area contributed by atoms with E-state index >= 15 is 4.79 Å². The number of nitrogens with zero attached hydrogens (tertiary/aromatic N) is 2. The van der Waals surface area contributed by atoms with Gasteiger partial charge in [0.05, 0.1) is 35.6 Å². The molecule has 68 heavy (non-hydrogen) atoms. The highest BCUT2D eigenvalue weighted by Crippen LogP contribution is 2.64. The number of alkyl carbamates (subject to hydrolysis) is 1. The Morgan fingerprint density at radius 2 is 1.57 bits per heavy atom. The van der Waals surface area contributed by atoms with Gasteiger partial charge in [-0.3, -0.25) is 9.59 Å². The van der Waals surface area contributed by atoms with E-state index in [9.17, 15) is 43.7 Å². The molecule has 2 heterocycles. The molecule has 19 heteroatoms. The van der Waals surface area contributed by atoms with Crippen molar-refractivity contribution < 1.29 is 76.9 Å². The largest absolute Gasteiger partial charge is 0.456 e. The number of rotatable bonds is 9. The molecule has 4 N–H and O–H groups in total. The molecule has 2 amide bonds. The van der Waals surface area contributed by atoms with Gasteiger partial charge in [-0.05, 0) is 82.6 Å². The van der Waals surface area contributed by atoms with Crippen molar-refractivity contribution in [3.8, 4) is 0 Å². The molecule has 2 aromatic rings. The quantitative estimate of drug-likeness (QED) is 0.159. The summed E-state index contributed by atoms with van der Waals surface area (Å²) >= 11 is 0. The summed E-state index contributed by atoms with van der Waals surface area (Å²) < 4.78 is 50.5. The molecule has 2 bridgehead atoms. The predicted molar refractivity (Wildman–Crippen MR) is 237 cm³/mol. The number of aliphatic hydroxyl groups is 3. The molecule has 2 aliphatic heterocycles. The van der Waals surface area contributed by atoms with Gasteiger partial charge in [-0.25, -0.2) is 23.6 Å². The third-order valence-electron chi connectivity index (χ3n) is 14.6. The number of hydrogen-bond acceptors (Lipinski definition) is 16. The first-order valence-corrected chi connectivity index (χ1v) is 22.8. The van der Waals surface area contributed by atoms with Gasteiger partial charge in [-0.15, -0.1) is 0 Å². The van der Waals surface area contributed by atoms with Crippen LogP contribution in [0.1, 0.15) is 90.2 Å². The van der Waals surface area contributed by atoms with Crippen LogP contribution < -0.4 is 5.32 Å². The Labute approximate surface area is 394 Å². The van der Waals surface area contributed by atoms with Gasteiger partial charge in [0, 0.05) is 51.4 Å². The van der Waals surface area contributed by atoms with Crippen LogP contribution in [0.3, 0.4) is 0 Å². The van der Waals surface area contributed by atoms with Crippen LogP contribution in [0.2, 0.25) is 0 Å². The Morgan fingerprint density at radius 1 is 0.941 bits per heavy atom. The standard InChI is InChI=1S/C49H62FN3O15/c1-26-31(64-42(59)36(56)35(28-15-17-30(50)18-16-28)51-43(60)68-45(3,4)5)24-49(62)40(66-41(58)29-13-11-10-12-14-29)38-47(8,32(55)23-33-48(38,25-63-33)67-27(2)54)39(57)37(34(26)46(49,6)7)65-44(61)53-21-19-52(9)20-22-53/h10-18,31-33,35-38,40,55-56,62H,19-25H2,1-9H3,(H,51,60)/t31-,32-,33+,35+,36+,37+,38?,40-,47+,48-,49+/m0/s1. The number of aliphatic hydroxyl groups excluding tert-OH is 2. The number of amides is 2. The maximum Gasteiger partial charge on any atom is 0.410 e. The van der Waals surface area contributed by atoms with Gasteiger partial charge < -0.3 is 58.9 Å². The molecule has 370 valence electrons. The van der Waals surface area contributed by atoms with Gasteiger partial charge in [0.25, 0.3) is 0 Å². The normalized spacial score (nSPS) is 32.1. The van der Waals surface area contributed by atoms with Crippen LogP contribution in [-0.2, 0) is 42.8 Å². The molecular formula is C49H62FN3O15. The number of carbonyl (C=O) groups excluding carboxylic acids is 6. The number of hydrogen-bond donors (Lipinski definition) is 4. The Balaban J connectivity index is 1.41. The fraction of sp³-hybridized carbons (Fsp3) is 0.592. The van der Waals surface area contributed by atoms with E-state index in [0.717, 1.165) is 19.1 Å². The highest BCUT2D eigenvalue weighted by Gasteiger charge is 2.78. The van der Waals surface area contributed by atoms with Crippen molar-refractivity contribution in [2.45, 2.75) is 128 Å². The van der Waals surface area contributed by atoms with E-state index in [4.69, 9.17) is 28.4 Å². The second kappa shape index (κ2) is 18.5. The summed E-state index contributed by atoms with van der Waals surface area (Å²) in [6, 6.07) is 10.8.